The maximum Gasteiger partial charge on any atom is 0.310 e. The van der Waals surface area contributed by atoms with Gasteiger partial charge in [-0.3, -0.25) is 9.59 Å². The molecule has 0 spiro atoms. The minimum atomic E-state index is -0.522. The van der Waals surface area contributed by atoms with Gasteiger partial charge in [-0.1, -0.05) is 36.4 Å². The number of anilines is 1. The molecule has 204 valence electrons. The summed E-state index contributed by atoms with van der Waals surface area (Å²) in [4.78, 5) is 23.9. The van der Waals surface area contributed by atoms with Gasteiger partial charge in [0.1, 0.15) is 12.2 Å². The lowest BCUT2D eigenvalue weighted by molar-refractivity contribution is -0.154. The van der Waals surface area contributed by atoms with Gasteiger partial charge in [0.25, 0.3) is 0 Å². The van der Waals surface area contributed by atoms with Gasteiger partial charge in [0.2, 0.25) is 5.91 Å². The number of hydrogen-bond acceptors (Lipinski definition) is 5. The standard InChI is InChI=1S/C32H42N2O4/c1-5-6-7-9-25(18-31(36)38-32(2,3)4)21-37-22-26-15-28(19-29(16-26)34-20-23-12-13-23)27-11-8-10-24(14-27)17-30(33)35/h5-6,8,10-11,14-16,19,21,23,34H,7,9,12-13,17-18,20,22H2,1-4H3,(H2,33,35)/b6-5-,25-21-. The van der Waals surface area contributed by atoms with Crippen LogP contribution in [0.5, 0.6) is 0 Å². The highest BCUT2D eigenvalue weighted by Gasteiger charge is 2.21. The number of allylic oxidation sites excluding steroid dienone is 2. The predicted octanol–water partition coefficient (Wildman–Crippen LogP) is 6.69. The van der Waals surface area contributed by atoms with Crippen LogP contribution >= 0.6 is 0 Å². The van der Waals surface area contributed by atoms with Crippen molar-refractivity contribution < 1.29 is 19.1 Å². The summed E-state index contributed by atoms with van der Waals surface area (Å²) in [5, 5.41) is 3.57. The van der Waals surface area contributed by atoms with Crippen molar-refractivity contribution in [1.82, 2.24) is 0 Å². The van der Waals surface area contributed by atoms with Crippen LogP contribution in [0.2, 0.25) is 0 Å². The molecule has 0 atom stereocenters. The topological polar surface area (TPSA) is 90.6 Å². The molecule has 1 saturated carbocycles. The highest BCUT2D eigenvalue weighted by molar-refractivity contribution is 5.78. The summed E-state index contributed by atoms with van der Waals surface area (Å²) in [5.41, 5.74) is 10.8. The number of ether oxygens (including phenoxy) is 2. The van der Waals surface area contributed by atoms with E-state index < -0.39 is 5.60 Å². The van der Waals surface area contributed by atoms with E-state index in [2.05, 4.69) is 29.6 Å². The second-order valence-corrected chi connectivity index (χ2v) is 11.0. The molecule has 1 amide bonds. The SMILES string of the molecule is C/C=C\CC/C(=C/OCc1cc(NCC2CC2)cc(-c2cccc(CC(N)=O)c2)c1)CC(=O)OC(C)(C)C. The van der Waals surface area contributed by atoms with Gasteiger partial charge in [-0.15, -0.1) is 0 Å². The van der Waals surface area contributed by atoms with Crippen molar-refractivity contribution in [3.05, 3.63) is 77.6 Å². The number of benzene rings is 2. The number of amides is 1. The molecule has 1 fully saturated rings. The first kappa shape index (κ1) is 29.0. The van der Waals surface area contributed by atoms with Crippen LogP contribution in [0.25, 0.3) is 11.1 Å². The molecule has 0 bridgehead atoms. The third-order valence-electron chi connectivity index (χ3n) is 6.08. The lowest BCUT2D eigenvalue weighted by atomic mass is 9.99. The normalized spacial score (nSPS) is 13.9. The number of nitrogens with two attached hydrogens (primary N) is 1. The minimum absolute atomic E-state index is 0.204. The molecule has 3 rings (SSSR count). The van der Waals surface area contributed by atoms with Crippen LogP contribution in [0.1, 0.15) is 70.9 Å². The molecule has 6 nitrogen and oxygen atoms in total. The van der Waals surface area contributed by atoms with E-state index >= 15 is 0 Å². The fourth-order valence-corrected chi connectivity index (χ4v) is 4.13. The predicted molar refractivity (Wildman–Crippen MR) is 153 cm³/mol. The van der Waals surface area contributed by atoms with E-state index in [1.165, 1.54) is 12.8 Å². The molecule has 0 aromatic heterocycles. The van der Waals surface area contributed by atoms with Gasteiger partial charge >= 0.3 is 5.97 Å². The number of carbonyl (C=O) groups is 2. The third-order valence-corrected chi connectivity index (χ3v) is 6.08. The summed E-state index contributed by atoms with van der Waals surface area (Å²) in [6, 6.07) is 14.3. The molecule has 0 saturated heterocycles. The van der Waals surface area contributed by atoms with Gasteiger partial charge in [0.05, 0.1) is 19.1 Å². The van der Waals surface area contributed by atoms with Crippen LogP contribution in [-0.4, -0.2) is 24.0 Å². The zero-order valence-electron chi connectivity index (χ0n) is 23.2. The molecule has 0 unspecified atom stereocenters. The van der Waals surface area contributed by atoms with Crippen molar-refractivity contribution in [3.8, 4) is 11.1 Å². The Morgan fingerprint density at radius 2 is 1.84 bits per heavy atom. The van der Waals surface area contributed by atoms with E-state index in [1.54, 1.807) is 6.26 Å². The van der Waals surface area contributed by atoms with Crippen molar-refractivity contribution in [3.63, 3.8) is 0 Å². The Balaban J connectivity index is 1.78. The summed E-state index contributed by atoms with van der Waals surface area (Å²) in [6.45, 7) is 8.92. The molecule has 3 N–H and O–H groups in total. The lowest BCUT2D eigenvalue weighted by Gasteiger charge is -2.20. The van der Waals surface area contributed by atoms with Gasteiger partial charge in [-0.25, -0.2) is 0 Å². The number of hydrogen-bond donors (Lipinski definition) is 2. The number of primary amides is 1. The van der Waals surface area contributed by atoms with Crippen molar-refractivity contribution in [2.24, 2.45) is 11.7 Å². The average molecular weight is 519 g/mol. The Hall–Kier alpha value is -3.54. The quantitative estimate of drug-likeness (QED) is 0.165. The molecule has 1 aliphatic rings. The van der Waals surface area contributed by atoms with Crippen LogP contribution in [0.15, 0.2) is 66.5 Å². The monoisotopic (exact) mass is 518 g/mol. The third kappa shape index (κ3) is 10.8. The van der Waals surface area contributed by atoms with Gasteiger partial charge in [-0.05, 0) is 105 Å². The summed E-state index contributed by atoms with van der Waals surface area (Å²) in [6.07, 6.45) is 10.3. The fraction of sp³-hybridized carbons (Fsp3) is 0.438. The minimum Gasteiger partial charge on any atom is -0.497 e. The van der Waals surface area contributed by atoms with E-state index in [-0.39, 0.29) is 24.7 Å². The molecular formula is C32H42N2O4. The van der Waals surface area contributed by atoms with Crippen LogP contribution in [-0.2, 0) is 32.1 Å². The Morgan fingerprint density at radius 1 is 1.08 bits per heavy atom. The molecule has 0 radical (unpaired) electrons. The molecule has 0 heterocycles. The van der Waals surface area contributed by atoms with Gasteiger partial charge in [0.15, 0.2) is 0 Å². The number of nitrogens with one attached hydrogen (secondary N) is 1. The van der Waals surface area contributed by atoms with Crippen molar-refractivity contribution in [1.29, 1.82) is 0 Å². The largest absolute Gasteiger partial charge is 0.497 e. The van der Waals surface area contributed by atoms with E-state index in [4.69, 9.17) is 15.2 Å². The molecule has 2 aromatic carbocycles. The smallest absolute Gasteiger partial charge is 0.310 e. The summed E-state index contributed by atoms with van der Waals surface area (Å²) < 4.78 is 11.5. The van der Waals surface area contributed by atoms with Crippen molar-refractivity contribution >= 4 is 17.6 Å². The summed E-state index contributed by atoms with van der Waals surface area (Å²) >= 11 is 0. The first-order valence-electron chi connectivity index (χ1n) is 13.5. The first-order valence-corrected chi connectivity index (χ1v) is 13.5. The maximum atomic E-state index is 12.4. The average Bonchev–Trinajstić information content (AvgIpc) is 3.66. The number of carbonyl (C=O) groups excluding carboxylic acids is 2. The zero-order chi connectivity index (χ0) is 27.5. The van der Waals surface area contributed by atoms with Crippen LogP contribution in [0.3, 0.4) is 0 Å². The molecule has 2 aromatic rings. The Morgan fingerprint density at radius 3 is 2.53 bits per heavy atom. The molecule has 6 heteroatoms. The number of esters is 1. The lowest BCUT2D eigenvalue weighted by Crippen LogP contribution is -2.24. The Bertz CT molecular complexity index is 1160. The van der Waals surface area contributed by atoms with Gasteiger partial charge < -0.3 is 20.5 Å². The van der Waals surface area contributed by atoms with Crippen LogP contribution in [0, 0.1) is 5.92 Å². The fourth-order valence-electron chi connectivity index (χ4n) is 4.13. The second-order valence-electron chi connectivity index (χ2n) is 11.0. The van der Waals surface area contributed by atoms with E-state index in [1.807, 2.05) is 58.0 Å². The Kier molecular flexibility index (Phi) is 10.6. The van der Waals surface area contributed by atoms with Crippen molar-refractivity contribution in [2.45, 2.75) is 78.4 Å². The second kappa shape index (κ2) is 13.8. The van der Waals surface area contributed by atoms with E-state index in [0.717, 1.165) is 58.8 Å². The highest BCUT2D eigenvalue weighted by Crippen LogP contribution is 2.31. The first-order chi connectivity index (χ1) is 18.1. The van der Waals surface area contributed by atoms with Gasteiger partial charge in [-0.2, -0.15) is 0 Å². The van der Waals surface area contributed by atoms with E-state index in [9.17, 15) is 9.59 Å². The molecule has 1 aliphatic carbocycles. The zero-order valence-corrected chi connectivity index (χ0v) is 23.2. The number of rotatable bonds is 14. The summed E-state index contributed by atoms with van der Waals surface area (Å²) in [5.74, 6) is 0.143. The summed E-state index contributed by atoms with van der Waals surface area (Å²) in [7, 11) is 0. The molecular weight excluding hydrogens is 476 g/mol. The van der Waals surface area contributed by atoms with Crippen LogP contribution in [0.4, 0.5) is 5.69 Å². The maximum absolute atomic E-state index is 12.4. The Labute approximate surface area is 227 Å². The van der Waals surface area contributed by atoms with Gasteiger partial charge in [0, 0.05) is 12.2 Å². The van der Waals surface area contributed by atoms with Crippen LogP contribution < -0.4 is 11.1 Å². The molecule has 0 aliphatic heterocycles. The van der Waals surface area contributed by atoms with E-state index in [0.29, 0.717) is 6.61 Å². The van der Waals surface area contributed by atoms with Crippen molar-refractivity contribution in [2.75, 3.05) is 11.9 Å². The molecule has 38 heavy (non-hydrogen) atoms. The highest BCUT2D eigenvalue weighted by atomic mass is 16.6.